The van der Waals surface area contributed by atoms with Gasteiger partial charge in [0.25, 0.3) is 10.0 Å². The van der Waals surface area contributed by atoms with Crippen molar-refractivity contribution >= 4 is 15.7 Å². The van der Waals surface area contributed by atoms with Gasteiger partial charge >= 0.3 is 0 Å². The Balaban J connectivity index is 1.69. The molecule has 0 amide bonds. The van der Waals surface area contributed by atoms with Crippen LogP contribution in [0.15, 0.2) is 45.9 Å². The molecule has 2 aromatic rings. The van der Waals surface area contributed by atoms with E-state index in [4.69, 9.17) is 4.42 Å². The Kier molecular flexibility index (Phi) is 3.69. The summed E-state index contributed by atoms with van der Waals surface area (Å²) in [5.41, 5.74) is 0.283. The molecule has 1 fully saturated rings. The standard InChI is InChI=1S/C14H15FN2O3S/c15-10-1-3-12(4-2-10)17-21(18,19)14-8-7-13(20-14)9-16-11-5-6-11/h1-4,7-8,11,16-17H,5-6,9H2. The predicted octanol–water partition coefficient (Wildman–Crippen LogP) is 2.47. The number of nitrogens with one attached hydrogen (secondary N) is 2. The normalized spacial score (nSPS) is 15.1. The third kappa shape index (κ3) is 3.62. The molecule has 1 saturated carbocycles. The first kappa shape index (κ1) is 14.1. The van der Waals surface area contributed by atoms with E-state index in [-0.39, 0.29) is 10.8 Å². The van der Waals surface area contributed by atoms with E-state index in [0.29, 0.717) is 18.3 Å². The molecule has 0 unspecified atom stereocenters. The average Bonchev–Trinajstić information content (AvgIpc) is 3.15. The molecule has 3 rings (SSSR count). The molecule has 1 heterocycles. The number of rotatable bonds is 6. The lowest BCUT2D eigenvalue weighted by Gasteiger charge is -2.05. The van der Waals surface area contributed by atoms with Crippen molar-refractivity contribution in [3.05, 3.63) is 48.0 Å². The van der Waals surface area contributed by atoms with Crippen molar-refractivity contribution in [3.8, 4) is 0 Å². The Bertz CT molecular complexity index is 721. The van der Waals surface area contributed by atoms with Crippen LogP contribution in [0.1, 0.15) is 18.6 Å². The van der Waals surface area contributed by atoms with Gasteiger partial charge in [0.1, 0.15) is 11.6 Å². The van der Waals surface area contributed by atoms with Crippen molar-refractivity contribution in [3.63, 3.8) is 0 Å². The Morgan fingerprint density at radius 1 is 1.14 bits per heavy atom. The molecule has 2 N–H and O–H groups in total. The molecule has 0 atom stereocenters. The Morgan fingerprint density at radius 3 is 2.52 bits per heavy atom. The van der Waals surface area contributed by atoms with E-state index in [1.807, 2.05) is 0 Å². The summed E-state index contributed by atoms with van der Waals surface area (Å²) < 4.78 is 44.7. The molecule has 5 nitrogen and oxygen atoms in total. The maximum absolute atomic E-state index is 12.8. The summed E-state index contributed by atoms with van der Waals surface area (Å²) in [4.78, 5) is 0. The van der Waals surface area contributed by atoms with E-state index in [1.165, 1.54) is 30.3 Å². The van der Waals surface area contributed by atoms with Gasteiger partial charge in [-0.25, -0.2) is 4.39 Å². The lowest BCUT2D eigenvalue weighted by atomic mass is 10.3. The van der Waals surface area contributed by atoms with E-state index in [0.717, 1.165) is 12.8 Å². The molecule has 0 spiro atoms. The van der Waals surface area contributed by atoms with Gasteiger partial charge in [0.15, 0.2) is 0 Å². The van der Waals surface area contributed by atoms with Crippen LogP contribution < -0.4 is 10.0 Å². The minimum Gasteiger partial charge on any atom is -0.446 e. The second-order valence-electron chi connectivity index (χ2n) is 4.99. The molecule has 0 bridgehead atoms. The van der Waals surface area contributed by atoms with Crippen LogP contribution in [-0.2, 0) is 16.6 Å². The first-order valence-electron chi connectivity index (χ1n) is 6.63. The summed E-state index contributed by atoms with van der Waals surface area (Å²) >= 11 is 0. The average molecular weight is 310 g/mol. The van der Waals surface area contributed by atoms with Gasteiger partial charge in [0.05, 0.1) is 6.54 Å². The van der Waals surface area contributed by atoms with Crippen LogP contribution in [0.3, 0.4) is 0 Å². The summed E-state index contributed by atoms with van der Waals surface area (Å²) in [6.45, 7) is 0.511. The van der Waals surface area contributed by atoms with E-state index in [2.05, 4.69) is 10.0 Å². The van der Waals surface area contributed by atoms with Gasteiger partial charge in [0.2, 0.25) is 5.09 Å². The van der Waals surface area contributed by atoms with Gasteiger partial charge in [-0.3, -0.25) is 4.72 Å². The van der Waals surface area contributed by atoms with Gasteiger partial charge in [-0.2, -0.15) is 8.42 Å². The second kappa shape index (κ2) is 5.50. The Morgan fingerprint density at radius 2 is 1.86 bits per heavy atom. The van der Waals surface area contributed by atoms with Gasteiger partial charge in [-0.1, -0.05) is 0 Å². The number of sulfonamides is 1. The molecule has 0 aliphatic heterocycles. The van der Waals surface area contributed by atoms with Gasteiger partial charge in [-0.05, 0) is 49.2 Å². The smallest absolute Gasteiger partial charge is 0.295 e. The minimum atomic E-state index is -3.80. The monoisotopic (exact) mass is 310 g/mol. The SMILES string of the molecule is O=S(=O)(Nc1ccc(F)cc1)c1ccc(CNC2CC2)o1. The fourth-order valence-corrected chi connectivity index (χ4v) is 2.86. The van der Waals surface area contributed by atoms with Crippen LogP contribution in [0.25, 0.3) is 0 Å². The van der Waals surface area contributed by atoms with Gasteiger partial charge in [-0.15, -0.1) is 0 Å². The van der Waals surface area contributed by atoms with Gasteiger partial charge in [0, 0.05) is 11.7 Å². The molecule has 112 valence electrons. The highest BCUT2D eigenvalue weighted by atomic mass is 32.2. The molecule has 0 radical (unpaired) electrons. The molecule has 21 heavy (non-hydrogen) atoms. The maximum atomic E-state index is 12.8. The minimum absolute atomic E-state index is 0.153. The predicted molar refractivity (Wildman–Crippen MR) is 75.8 cm³/mol. The van der Waals surface area contributed by atoms with Crippen LogP contribution in [-0.4, -0.2) is 14.5 Å². The molecule has 1 aliphatic carbocycles. The zero-order valence-corrected chi connectivity index (χ0v) is 12.0. The van der Waals surface area contributed by atoms with Crippen LogP contribution >= 0.6 is 0 Å². The summed E-state index contributed by atoms with van der Waals surface area (Å²) in [5, 5.41) is 3.09. The first-order valence-corrected chi connectivity index (χ1v) is 8.12. The summed E-state index contributed by atoms with van der Waals surface area (Å²) in [6.07, 6.45) is 2.30. The third-order valence-electron chi connectivity index (χ3n) is 3.14. The van der Waals surface area contributed by atoms with E-state index < -0.39 is 15.8 Å². The molecule has 1 aliphatic rings. The van der Waals surface area contributed by atoms with Crippen LogP contribution in [0.4, 0.5) is 10.1 Å². The number of furan rings is 1. The van der Waals surface area contributed by atoms with Crippen LogP contribution in [0.2, 0.25) is 0 Å². The fraction of sp³-hybridized carbons (Fsp3) is 0.286. The second-order valence-corrected chi connectivity index (χ2v) is 6.60. The highest BCUT2D eigenvalue weighted by Crippen LogP contribution is 2.21. The summed E-state index contributed by atoms with van der Waals surface area (Å²) in [7, 11) is -3.80. The van der Waals surface area contributed by atoms with Crippen LogP contribution in [0, 0.1) is 5.82 Å². The van der Waals surface area contributed by atoms with E-state index in [1.54, 1.807) is 6.07 Å². The molecular formula is C14H15FN2O3S. The lowest BCUT2D eigenvalue weighted by Crippen LogP contribution is -2.15. The molecule has 0 saturated heterocycles. The number of benzene rings is 1. The Labute approximate surface area is 122 Å². The van der Waals surface area contributed by atoms with Crippen molar-refractivity contribution in [2.24, 2.45) is 0 Å². The van der Waals surface area contributed by atoms with E-state index >= 15 is 0 Å². The highest BCUT2D eigenvalue weighted by Gasteiger charge is 2.22. The number of hydrogen-bond donors (Lipinski definition) is 2. The summed E-state index contributed by atoms with van der Waals surface area (Å²) in [6, 6.07) is 8.64. The van der Waals surface area contributed by atoms with E-state index in [9.17, 15) is 12.8 Å². The van der Waals surface area contributed by atoms with Crippen molar-refractivity contribution in [1.82, 2.24) is 5.32 Å². The molecule has 1 aromatic heterocycles. The number of hydrogen-bond acceptors (Lipinski definition) is 4. The van der Waals surface area contributed by atoms with Crippen molar-refractivity contribution in [2.75, 3.05) is 4.72 Å². The van der Waals surface area contributed by atoms with Crippen LogP contribution in [0.5, 0.6) is 0 Å². The van der Waals surface area contributed by atoms with Crippen molar-refractivity contribution in [1.29, 1.82) is 0 Å². The third-order valence-corrected chi connectivity index (χ3v) is 4.39. The summed E-state index contributed by atoms with van der Waals surface area (Å²) in [5.74, 6) is 0.144. The number of anilines is 1. The largest absolute Gasteiger partial charge is 0.446 e. The first-order chi connectivity index (χ1) is 10.0. The molecule has 1 aromatic carbocycles. The zero-order valence-electron chi connectivity index (χ0n) is 11.2. The number of halogens is 1. The zero-order chi connectivity index (χ0) is 14.9. The topological polar surface area (TPSA) is 71.3 Å². The fourth-order valence-electron chi connectivity index (χ4n) is 1.85. The van der Waals surface area contributed by atoms with Crippen molar-refractivity contribution in [2.45, 2.75) is 30.5 Å². The molecule has 7 heteroatoms. The quantitative estimate of drug-likeness (QED) is 0.860. The highest BCUT2D eigenvalue weighted by molar-refractivity contribution is 7.92. The maximum Gasteiger partial charge on any atom is 0.295 e. The van der Waals surface area contributed by atoms with Gasteiger partial charge < -0.3 is 9.73 Å². The Hall–Kier alpha value is -1.86. The van der Waals surface area contributed by atoms with Crippen molar-refractivity contribution < 1.29 is 17.2 Å². The lowest BCUT2D eigenvalue weighted by molar-refractivity contribution is 0.403. The molecular weight excluding hydrogens is 295 g/mol.